The summed E-state index contributed by atoms with van der Waals surface area (Å²) in [6.45, 7) is 1.93. The van der Waals surface area contributed by atoms with E-state index in [2.05, 4.69) is 15.3 Å². The molecule has 2 heterocycles. The molecule has 25 heavy (non-hydrogen) atoms. The van der Waals surface area contributed by atoms with E-state index in [1.54, 1.807) is 29.8 Å². The first-order valence-corrected chi connectivity index (χ1v) is 9.24. The fourth-order valence-corrected chi connectivity index (χ4v) is 3.36. The lowest BCUT2D eigenvalue weighted by Gasteiger charge is -2.06. The van der Waals surface area contributed by atoms with E-state index in [0.717, 1.165) is 29.1 Å². The summed E-state index contributed by atoms with van der Waals surface area (Å²) in [6.07, 6.45) is 5.64. The second-order valence-electron chi connectivity index (χ2n) is 5.78. The highest BCUT2D eigenvalue weighted by Gasteiger charge is 2.09. The molecule has 0 aliphatic heterocycles. The van der Waals surface area contributed by atoms with Gasteiger partial charge >= 0.3 is 0 Å². The fourth-order valence-electron chi connectivity index (χ4n) is 2.39. The third kappa shape index (κ3) is 5.11. The van der Waals surface area contributed by atoms with Crippen molar-refractivity contribution in [2.24, 2.45) is 0 Å². The van der Waals surface area contributed by atoms with Crippen molar-refractivity contribution in [3.8, 4) is 0 Å². The molecule has 0 radical (unpaired) electrons. The zero-order chi connectivity index (χ0) is 17.6. The molecule has 3 rings (SSSR count). The number of hydrogen-bond donors (Lipinski definition) is 1. The highest BCUT2D eigenvalue weighted by atomic mass is 35.5. The number of halogens is 1. The molecule has 3 aromatic rings. The number of thiazole rings is 1. The molecule has 0 aliphatic rings. The van der Waals surface area contributed by atoms with Gasteiger partial charge in [0.15, 0.2) is 0 Å². The van der Waals surface area contributed by atoms with Crippen LogP contribution in [0.15, 0.2) is 48.1 Å². The molecular formula is C19H18ClN3OS. The fraction of sp³-hybridized carbons (Fsp3) is 0.211. The summed E-state index contributed by atoms with van der Waals surface area (Å²) in [4.78, 5) is 20.7. The summed E-state index contributed by atoms with van der Waals surface area (Å²) in [7, 11) is 0. The Morgan fingerprint density at radius 3 is 2.76 bits per heavy atom. The normalized spacial score (nSPS) is 10.6. The minimum absolute atomic E-state index is 0.0918. The van der Waals surface area contributed by atoms with Crippen LogP contribution in [-0.2, 0) is 24.1 Å². The van der Waals surface area contributed by atoms with Gasteiger partial charge < -0.3 is 5.32 Å². The van der Waals surface area contributed by atoms with Crippen LogP contribution >= 0.6 is 22.9 Å². The van der Waals surface area contributed by atoms with Gasteiger partial charge in [0.2, 0.25) is 5.91 Å². The van der Waals surface area contributed by atoms with Crippen molar-refractivity contribution in [2.75, 3.05) is 5.32 Å². The molecule has 0 fully saturated rings. The molecule has 0 unspecified atom stereocenters. The van der Waals surface area contributed by atoms with E-state index < -0.39 is 0 Å². The van der Waals surface area contributed by atoms with Gasteiger partial charge in [-0.2, -0.15) is 0 Å². The molecule has 6 heteroatoms. The number of carbonyl (C=O) groups is 1. The zero-order valence-corrected chi connectivity index (χ0v) is 15.4. The summed E-state index contributed by atoms with van der Waals surface area (Å²) in [5.41, 5.74) is 3.72. The average Bonchev–Trinajstić information content (AvgIpc) is 3.04. The molecule has 0 atom stereocenters. The maximum atomic E-state index is 12.2. The summed E-state index contributed by atoms with van der Waals surface area (Å²) in [5.74, 6) is -0.0918. The lowest BCUT2D eigenvalue weighted by atomic mass is 10.1. The van der Waals surface area contributed by atoms with Gasteiger partial charge in [-0.15, -0.1) is 11.3 Å². The van der Waals surface area contributed by atoms with E-state index in [-0.39, 0.29) is 12.3 Å². The van der Waals surface area contributed by atoms with E-state index >= 15 is 0 Å². The predicted octanol–water partition coefficient (Wildman–Crippen LogP) is 4.47. The largest absolute Gasteiger partial charge is 0.326 e. The van der Waals surface area contributed by atoms with Crippen LogP contribution in [-0.4, -0.2) is 15.9 Å². The van der Waals surface area contributed by atoms with E-state index in [9.17, 15) is 4.79 Å². The predicted molar refractivity (Wildman–Crippen MR) is 102 cm³/mol. The number of anilines is 1. The molecule has 4 nitrogen and oxygen atoms in total. The zero-order valence-electron chi connectivity index (χ0n) is 13.8. The van der Waals surface area contributed by atoms with E-state index in [0.29, 0.717) is 10.7 Å². The van der Waals surface area contributed by atoms with Crippen LogP contribution in [0.25, 0.3) is 0 Å². The monoisotopic (exact) mass is 371 g/mol. The Kier molecular flexibility index (Phi) is 5.79. The van der Waals surface area contributed by atoms with Crippen molar-refractivity contribution in [1.82, 2.24) is 9.97 Å². The number of benzene rings is 1. The lowest BCUT2D eigenvalue weighted by Crippen LogP contribution is -2.14. The maximum Gasteiger partial charge on any atom is 0.230 e. The standard InChI is InChI=1S/C19H18ClN3OS/c1-13-2-4-15(10-17(13)20)22-18(24)11-16-12-25-19(23-16)5-3-14-6-8-21-9-7-14/h2,4,6-10,12H,3,5,11H2,1H3,(H,22,24). The van der Waals surface area contributed by atoms with Crippen molar-refractivity contribution in [1.29, 1.82) is 0 Å². The summed E-state index contributed by atoms with van der Waals surface area (Å²) < 4.78 is 0. The van der Waals surface area contributed by atoms with Crippen LogP contribution in [0.1, 0.15) is 21.8 Å². The summed E-state index contributed by atoms with van der Waals surface area (Å²) in [6, 6.07) is 9.51. The second kappa shape index (κ2) is 8.23. The Balaban J connectivity index is 1.53. The van der Waals surface area contributed by atoms with E-state index in [4.69, 9.17) is 11.6 Å². The van der Waals surface area contributed by atoms with E-state index in [1.165, 1.54) is 5.56 Å². The average molecular weight is 372 g/mol. The molecule has 0 spiro atoms. The number of carbonyl (C=O) groups excluding carboxylic acids is 1. The molecule has 1 amide bonds. The van der Waals surface area contributed by atoms with Gasteiger partial charge in [0.1, 0.15) is 0 Å². The van der Waals surface area contributed by atoms with Crippen LogP contribution in [0.4, 0.5) is 5.69 Å². The quantitative estimate of drug-likeness (QED) is 0.695. The van der Waals surface area contributed by atoms with Crippen LogP contribution in [0.5, 0.6) is 0 Å². The Morgan fingerprint density at radius 2 is 2.00 bits per heavy atom. The summed E-state index contributed by atoms with van der Waals surface area (Å²) >= 11 is 7.67. The van der Waals surface area contributed by atoms with Crippen molar-refractivity contribution in [3.63, 3.8) is 0 Å². The van der Waals surface area contributed by atoms with Crippen LogP contribution in [0.3, 0.4) is 0 Å². The number of amides is 1. The van der Waals surface area contributed by atoms with Crippen LogP contribution < -0.4 is 5.32 Å². The van der Waals surface area contributed by atoms with Gasteiger partial charge in [0.25, 0.3) is 0 Å². The number of hydrogen-bond acceptors (Lipinski definition) is 4. The first-order valence-electron chi connectivity index (χ1n) is 7.98. The SMILES string of the molecule is Cc1ccc(NC(=O)Cc2csc(CCc3ccncc3)n2)cc1Cl. The number of rotatable bonds is 6. The molecule has 1 N–H and O–H groups in total. The van der Waals surface area contributed by atoms with Crippen LogP contribution in [0, 0.1) is 6.92 Å². The van der Waals surface area contributed by atoms with Crippen molar-refractivity contribution < 1.29 is 4.79 Å². The minimum Gasteiger partial charge on any atom is -0.326 e. The molecule has 0 saturated heterocycles. The Morgan fingerprint density at radius 1 is 1.20 bits per heavy atom. The Hall–Kier alpha value is -2.24. The highest BCUT2D eigenvalue weighted by molar-refractivity contribution is 7.09. The molecule has 2 aromatic heterocycles. The smallest absolute Gasteiger partial charge is 0.230 e. The number of nitrogens with zero attached hydrogens (tertiary/aromatic N) is 2. The Labute approximate surface area is 155 Å². The molecule has 0 saturated carbocycles. The van der Waals surface area contributed by atoms with Gasteiger partial charge in [-0.25, -0.2) is 4.98 Å². The number of pyridine rings is 1. The topological polar surface area (TPSA) is 54.9 Å². The maximum absolute atomic E-state index is 12.2. The van der Waals surface area contributed by atoms with Gasteiger partial charge in [-0.3, -0.25) is 9.78 Å². The molecule has 0 aliphatic carbocycles. The molecule has 1 aromatic carbocycles. The first kappa shape index (κ1) is 17.6. The first-order chi connectivity index (χ1) is 12.1. The van der Waals surface area contributed by atoms with Gasteiger partial charge in [0, 0.05) is 34.9 Å². The Bertz CT molecular complexity index is 864. The highest BCUT2D eigenvalue weighted by Crippen LogP contribution is 2.20. The van der Waals surface area contributed by atoms with Gasteiger partial charge in [-0.1, -0.05) is 17.7 Å². The molecule has 0 bridgehead atoms. The second-order valence-corrected chi connectivity index (χ2v) is 7.13. The minimum atomic E-state index is -0.0918. The number of nitrogens with one attached hydrogen (secondary N) is 1. The van der Waals surface area contributed by atoms with Crippen molar-refractivity contribution in [3.05, 3.63) is 75.0 Å². The van der Waals surface area contributed by atoms with Crippen LogP contribution in [0.2, 0.25) is 5.02 Å². The lowest BCUT2D eigenvalue weighted by molar-refractivity contribution is -0.115. The van der Waals surface area contributed by atoms with Crippen molar-refractivity contribution in [2.45, 2.75) is 26.2 Å². The van der Waals surface area contributed by atoms with Gasteiger partial charge in [0.05, 0.1) is 17.1 Å². The third-order valence-electron chi connectivity index (χ3n) is 3.77. The third-order valence-corrected chi connectivity index (χ3v) is 5.14. The molecular weight excluding hydrogens is 354 g/mol. The molecule has 128 valence electrons. The summed E-state index contributed by atoms with van der Waals surface area (Å²) in [5, 5.41) is 6.49. The number of aryl methyl sites for hydroxylation is 3. The van der Waals surface area contributed by atoms with Gasteiger partial charge in [-0.05, 0) is 48.7 Å². The van der Waals surface area contributed by atoms with Crippen molar-refractivity contribution >= 4 is 34.5 Å². The number of aromatic nitrogens is 2. The van der Waals surface area contributed by atoms with E-state index in [1.807, 2.05) is 36.6 Å².